The lowest BCUT2D eigenvalue weighted by molar-refractivity contribution is 0.0580. The van der Waals surface area contributed by atoms with Gasteiger partial charge in [-0.15, -0.1) is 0 Å². The van der Waals surface area contributed by atoms with E-state index in [1.54, 1.807) is 11.8 Å². The number of amides is 1. The fourth-order valence-corrected chi connectivity index (χ4v) is 13.3. The van der Waals surface area contributed by atoms with Crippen molar-refractivity contribution in [2.75, 3.05) is 13.1 Å². The van der Waals surface area contributed by atoms with Crippen molar-refractivity contribution in [2.24, 2.45) is 11.8 Å². The van der Waals surface area contributed by atoms with E-state index in [4.69, 9.17) is 21.3 Å². The van der Waals surface area contributed by atoms with Gasteiger partial charge in [-0.25, -0.2) is 9.78 Å². The number of likely N-dealkylation sites (tertiary alicyclic amines) is 1. The molecule has 2 aromatic rings. The van der Waals surface area contributed by atoms with Gasteiger partial charge in [-0.1, -0.05) is 60.1 Å². The highest BCUT2D eigenvalue weighted by molar-refractivity contribution is 6.82. The largest absolute Gasteiger partial charge is 0.430 e. The first-order valence-electron chi connectivity index (χ1n) is 12.9. The molecule has 1 unspecified atom stereocenters. The SMILES string of the molecule is Cc1cnc2c(ccn2[Si](C(C)C)(C(C)C)C(C)C)c1C(=O)[C@@H]1CN(C(=O)OC(C)Cl)CC[C@@H]1C. The Morgan fingerprint density at radius 2 is 1.71 bits per heavy atom. The molecular weight excluding hydrogens is 478 g/mol. The predicted octanol–water partition coefficient (Wildman–Crippen LogP) is 7.23. The molecule has 35 heavy (non-hydrogen) atoms. The molecule has 1 fully saturated rings. The van der Waals surface area contributed by atoms with Gasteiger partial charge in [0.2, 0.25) is 0 Å². The molecule has 1 aliphatic rings. The van der Waals surface area contributed by atoms with E-state index < -0.39 is 19.9 Å². The maximum Gasteiger partial charge on any atom is 0.411 e. The summed E-state index contributed by atoms with van der Waals surface area (Å²) in [5, 5.41) is 0.926. The van der Waals surface area contributed by atoms with E-state index in [0.29, 0.717) is 29.7 Å². The van der Waals surface area contributed by atoms with Gasteiger partial charge in [-0.2, -0.15) is 0 Å². The second kappa shape index (κ2) is 10.6. The minimum Gasteiger partial charge on any atom is -0.430 e. The molecule has 194 valence electrons. The highest BCUT2D eigenvalue weighted by atomic mass is 35.5. The number of nitrogens with zero attached hydrogens (tertiary/aromatic N) is 3. The normalized spacial score (nSPS) is 20.2. The molecule has 0 aromatic carbocycles. The third kappa shape index (κ3) is 4.91. The molecule has 0 spiro atoms. The summed E-state index contributed by atoms with van der Waals surface area (Å²) < 4.78 is 7.65. The molecule has 0 radical (unpaired) electrons. The summed E-state index contributed by atoms with van der Waals surface area (Å²) in [6.45, 7) is 20.6. The van der Waals surface area contributed by atoms with Crippen molar-refractivity contribution in [1.29, 1.82) is 0 Å². The van der Waals surface area contributed by atoms with Gasteiger partial charge in [0.15, 0.2) is 19.6 Å². The van der Waals surface area contributed by atoms with Gasteiger partial charge in [0.1, 0.15) is 5.65 Å². The number of hydrogen-bond acceptors (Lipinski definition) is 4. The molecule has 0 N–H and O–H groups in total. The van der Waals surface area contributed by atoms with Crippen LogP contribution in [0.25, 0.3) is 11.0 Å². The van der Waals surface area contributed by atoms with Crippen LogP contribution in [0.2, 0.25) is 16.6 Å². The van der Waals surface area contributed by atoms with E-state index in [1.807, 2.05) is 13.1 Å². The molecule has 3 atom stereocenters. The summed E-state index contributed by atoms with van der Waals surface area (Å²) in [4.78, 5) is 33.1. The smallest absolute Gasteiger partial charge is 0.411 e. The van der Waals surface area contributed by atoms with Gasteiger partial charge >= 0.3 is 6.09 Å². The average Bonchev–Trinajstić information content (AvgIpc) is 3.16. The monoisotopic (exact) mass is 519 g/mol. The predicted molar refractivity (Wildman–Crippen MR) is 146 cm³/mol. The summed E-state index contributed by atoms with van der Waals surface area (Å²) in [6.07, 6.45) is 4.32. The molecule has 3 heterocycles. The van der Waals surface area contributed by atoms with E-state index in [1.165, 1.54) is 0 Å². The van der Waals surface area contributed by atoms with Crippen molar-refractivity contribution in [1.82, 2.24) is 14.1 Å². The number of ketones is 1. The highest BCUT2D eigenvalue weighted by Gasteiger charge is 2.46. The van der Waals surface area contributed by atoms with Crippen LogP contribution in [-0.2, 0) is 4.74 Å². The van der Waals surface area contributed by atoms with Crippen LogP contribution in [-0.4, -0.2) is 52.9 Å². The molecule has 0 bridgehead atoms. The second-order valence-corrected chi connectivity index (χ2v) is 17.5. The molecule has 8 heteroatoms. The van der Waals surface area contributed by atoms with Crippen LogP contribution in [0.3, 0.4) is 0 Å². The Morgan fingerprint density at radius 1 is 1.11 bits per heavy atom. The van der Waals surface area contributed by atoms with Crippen molar-refractivity contribution in [2.45, 2.75) is 90.9 Å². The number of halogens is 1. The van der Waals surface area contributed by atoms with Crippen molar-refractivity contribution in [3.8, 4) is 0 Å². The first-order valence-corrected chi connectivity index (χ1v) is 15.6. The lowest BCUT2D eigenvalue weighted by Gasteiger charge is -2.44. The first-order chi connectivity index (χ1) is 16.3. The highest BCUT2D eigenvalue weighted by Crippen LogP contribution is 2.44. The van der Waals surface area contributed by atoms with Crippen molar-refractivity contribution in [3.05, 3.63) is 29.6 Å². The Labute approximate surface area is 216 Å². The van der Waals surface area contributed by atoms with Gasteiger partial charge in [-0.05, 0) is 60.6 Å². The van der Waals surface area contributed by atoms with Crippen LogP contribution < -0.4 is 0 Å². The molecule has 3 rings (SSSR count). The van der Waals surface area contributed by atoms with E-state index in [-0.39, 0.29) is 17.6 Å². The number of carbonyl (C=O) groups is 2. The van der Waals surface area contributed by atoms with Crippen LogP contribution in [0.15, 0.2) is 18.5 Å². The van der Waals surface area contributed by atoms with Crippen LogP contribution in [0.1, 0.15) is 77.7 Å². The lowest BCUT2D eigenvalue weighted by Crippen LogP contribution is -2.51. The minimum absolute atomic E-state index is 0.0856. The molecular formula is C27H42ClN3O3Si. The zero-order chi connectivity index (χ0) is 26.2. The van der Waals surface area contributed by atoms with Gasteiger partial charge in [-0.3, -0.25) is 4.79 Å². The summed E-state index contributed by atoms with van der Waals surface area (Å²) in [7, 11) is -2.02. The Balaban J connectivity index is 2.08. The number of aryl methyl sites for hydroxylation is 1. The fraction of sp³-hybridized carbons (Fsp3) is 0.667. The molecule has 6 nitrogen and oxygen atoms in total. The second-order valence-electron chi connectivity index (χ2n) is 11.2. The van der Waals surface area contributed by atoms with Crippen LogP contribution in [0, 0.1) is 18.8 Å². The Hall–Kier alpha value is -1.86. The number of ether oxygens (including phenoxy) is 1. The Morgan fingerprint density at radius 3 is 2.26 bits per heavy atom. The zero-order valence-electron chi connectivity index (χ0n) is 22.8. The molecule has 0 saturated carbocycles. The molecule has 1 aliphatic heterocycles. The maximum atomic E-state index is 14.1. The van der Waals surface area contributed by atoms with Gasteiger partial charge < -0.3 is 13.9 Å². The summed E-state index contributed by atoms with van der Waals surface area (Å²) >= 11 is 5.86. The summed E-state index contributed by atoms with van der Waals surface area (Å²) in [5.41, 5.74) is 3.38. The number of pyridine rings is 1. The number of rotatable bonds is 7. The number of alkyl halides is 1. The van der Waals surface area contributed by atoms with Crippen LogP contribution in [0.4, 0.5) is 4.79 Å². The average molecular weight is 520 g/mol. The van der Waals surface area contributed by atoms with E-state index in [0.717, 1.165) is 28.6 Å². The summed E-state index contributed by atoms with van der Waals surface area (Å²) in [5.74, 6) is -0.0421. The van der Waals surface area contributed by atoms with Crippen LogP contribution >= 0.6 is 11.6 Å². The summed E-state index contributed by atoms with van der Waals surface area (Å²) in [6, 6.07) is 2.09. The third-order valence-corrected chi connectivity index (χ3v) is 15.0. The quantitative estimate of drug-likeness (QED) is 0.220. The number of piperidine rings is 1. The van der Waals surface area contributed by atoms with Gasteiger partial charge in [0.25, 0.3) is 0 Å². The first kappa shape index (κ1) is 27.7. The van der Waals surface area contributed by atoms with Gasteiger partial charge in [0, 0.05) is 36.2 Å². The van der Waals surface area contributed by atoms with E-state index >= 15 is 0 Å². The van der Waals surface area contributed by atoms with Crippen molar-refractivity contribution >= 4 is 42.7 Å². The van der Waals surface area contributed by atoms with Gasteiger partial charge in [0.05, 0.1) is 0 Å². The maximum absolute atomic E-state index is 14.1. The number of hydrogen-bond donors (Lipinski definition) is 0. The number of fused-ring (bicyclic) bond motifs is 1. The molecule has 1 saturated heterocycles. The molecule has 1 amide bonds. The number of aromatic nitrogens is 2. The topological polar surface area (TPSA) is 64.4 Å². The fourth-order valence-electron chi connectivity index (χ4n) is 6.64. The Kier molecular flexibility index (Phi) is 8.42. The minimum atomic E-state index is -2.02. The molecule has 0 aliphatic carbocycles. The van der Waals surface area contributed by atoms with E-state index in [2.05, 4.69) is 65.0 Å². The van der Waals surface area contributed by atoms with Crippen molar-refractivity contribution in [3.63, 3.8) is 0 Å². The van der Waals surface area contributed by atoms with Crippen LogP contribution in [0.5, 0.6) is 0 Å². The molecule has 2 aromatic heterocycles. The van der Waals surface area contributed by atoms with Crippen molar-refractivity contribution < 1.29 is 14.3 Å². The number of Topliss-reactive ketones (excluding diaryl/α,β-unsaturated/α-hetero) is 1. The standard InChI is InChI=1S/C27H42ClN3O3Si/c1-16(2)35(17(3)4,18(5)6)31-13-11-22-24(20(8)14-29-26(22)31)25(32)23-15-30(12-10-19(23)7)27(33)34-21(9)28/h11,13-14,16-19,21,23H,10,12,15H2,1-9H3/t19-,21?,23+/m0/s1. The third-order valence-electron chi connectivity index (χ3n) is 8.16. The van der Waals surface area contributed by atoms with E-state index in [9.17, 15) is 9.59 Å². The lowest BCUT2D eigenvalue weighted by atomic mass is 9.80. The number of carbonyl (C=O) groups excluding carboxylic acids is 2. The zero-order valence-corrected chi connectivity index (χ0v) is 24.5. The Bertz CT molecular complexity index is 1060.